The number of aliphatic hydroxyl groups excluding tert-OH is 1. The van der Waals surface area contributed by atoms with Gasteiger partial charge in [0.05, 0.1) is 67.2 Å². The summed E-state index contributed by atoms with van der Waals surface area (Å²) in [5, 5.41) is 18.9. The van der Waals surface area contributed by atoms with Crippen LogP contribution in [0.4, 0.5) is 5.82 Å². The molecule has 0 saturated carbocycles. The Labute approximate surface area is 481 Å². The molecule has 20 heteroatoms. The number of aryl methyl sites for hydroxylation is 1. The number of hydrogen-bond acceptors (Lipinski definition) is 15. The fourth-order valence-electron chi connectivity index (χ4n) is 10.8. The normalized spacial score (nSPS) is 17.1. The van der Waals surface area contributed by atoms with E-state index in [4.69, 9.17) is 30.5 Å². The highest BCUT2D eigenvalue weighted by atomic mass is 35.5. The van der Waals surface area contributed by atoms with Gasteiger partial charge in [-0.2, -0.15) is 0 Å². The molecule has 7 aromatic rings. The number of halogens is 1. The number of fused-ring (bicyclic) bond motifs is 2. The lowest BCUT2D eigenvalue weighted by molar-refractivity contribution is -0.143. The Balaban J connectivity index is 0.605. The molecule has 4 N–H and O–H groups in total. The van der Waals surface area contributed by atoms with Crippen molar-refractivity contribution in [3.63, 3.8) is 0 Å². The Kier molecular flexibility index (Phi) is 19.4. The summed E-state index contributed by atoms with van der Waals surface area (Å²) >= 11 is 7.92. The molecule has 3 aliphatic rings. The van der Waals surface area contributed by atoms with E-state index < -0.39 is 18.2 Å². The number of ether oxygens (including phenoxy) is 4. The van der Waals surface area contributed by atoms with Crippen molar-refractivity contribution in [3.8, 4) is 27.4 Å². The minimum atomic E-state index is -0.905. The number of H-pyrrole nitrogens is 1. The number of carbonyl (C=O) groups is 3. The van der Waals surface area contributed by atoms with Crippen molar-refractivity contribution in [3.05, 3.63) is 147 Å². The standard InChI is InChI=1S/C61H71ClN10O8S/c1-40(2)55(72-36-47-9-4-6-10-49(47)60(72)75)61(76)71-37-48(73)31-53(71)59(74)64-34-46-17-16-44(56-41(3)67-39-81-56)30-54(46)80-29-28-79-27-26-78-25-24-77-23-22-69-18-20-70(21-19-69)35-42-12-14-43(15-13-42)52-32-50-57(65-38-66-58(50)68-52)63-33-45-8-5-7-11-51(45)62/h4-17,30,32,38-40,48,53,55,73H,18-29,31,33-37H2,1-3H3,(H,64,74)(H2,63,65,66,68)/t48-,53+,55+/m1/s1. The van der Waals surface area contributed by atoms with E-state index in [1.165, 1.54) is 21.8 Å². The third-order valence-corrected chi connectivity index (χ3v) is 16.6. The second-order valence-corrected chi connectivity index (χ2v) is 22.4. The van der Waals surface area contributed by atoms with E-state index in [1.54, 1.807) is 22.8 Å². The zero-order valence-corrected chi connectivity index (χ0v) is 47.7. The van der Waals surface area contributed by atoms with Crippen molar-refractivity contribution in [2.75, 3.05) is 90.8 Å². The van der Waals surface area contributed by atoms with Crippen molar-refractivity contribution in [2.45, 2.75) is 71.6 Å². The Morgan fingerprint density at radius 3 is 2.27 bits per heavy atom. The lowest BCUT2D eigenvalue weighted by Gasteiger charge is -2.35. The molecule has 10 rings (SSSR count). The van der Waals surface area contributed by atoms with Crippen LogP contribution in [0.2, 0.25) is 5.02 Å². The number of anilines is 1. The highest BCUT2D eigenvalue weighted by Crippen LogP contribution is 2.34. The van der Waals surface area contributed by atoms with E-state index in [-0.39, 0.29) is 49.8 Å². The van der Waals surface area contributed by atoms with Gasteiger partial charge in [-0.05, 0) is 64.9 Å². The van der Waals surface area contributed by atoms with Crippen LogP contribution in [-0.2, 0) is 50.0 Å². The van der Waals surface area contributed by atoms with Gasteiger partial charge in [0.2, 0.25) is 11.8 Å². The first-order valence-electron chi connectivity index (χ1n) is 27.9. The second-order valence-electron chi connectivity index (χ2n) is 21.1. The molecule has 2 saturated heterocycles. The van der Waals surface area contributed by atoms with Crippen LogP contribution in [0, 0.1) is 12.8 Å². The summed E-state index contributed by atoms with van der Waals surface area (Å²) in [5.74, 6) is 0.175. The van der Waals surface area contributed by atoms with Crippen LogP contribution < -0.4 is 15.4 Å². The average Bonchev–Trinajstić information content (AvgIpc) is 4.50. The molecule has 0 aliphatic carbocycles. The molecule has 3 amide bonds. The highest BCUT2D eigenvalue weighted by molar-refractivity contribution is 7.13. The number of likely N-dealkylation sites (tertiary alicyclic amines) is 1. The predicted molar refractivity (Wildman–Crippen MR) is 313 cm³/mol. The molecule has 426 valence electrons. The molecule has 81 heavy (non-hydrogen) atoms. The zero-order chi connectivity index (χ0) is 56.2. The number of benzene rings is 4. The fraction of sp³-hybridized carbons (Fsp3) is 0.410. The van der Waals surface area contributed by atoms with Crippen molar-refractivity contribution in [1.82, 2.24) is 44.9 Å². The van der Waals surface area contributed by atoms with Gasteiger partial charge in [-0.3, -0.25) is 24.2 Å². The van der Waals surface area contributed by atoms with Gasteiger partial charge in [0.1, 0.15) is 42.2 Å². The van der Waals surface area contributed by atoms with Crippen LogP contribution in [0.5, 0.6) is 5.75 Å². The number of aromatic nitrogens is 4. The van der Waals surface area contributed by atoms with E-state index >= 15 is 0 Å². The summed E-state index contributed by atoms with van der Waals surface area (Å²) in [6, 6.07) is 30.1. The number of nitrogens with zero attached hydrogens (tertiary/aromatic N) is 7. The smallest absolute Gasteiger partial charge is 0.255 e. The topological polar surface area (TPSA) is 200 Å². The maximum absolute atomic E-state index is 14.3. The molecule has 6 heterocycles. The van der Waals surface area contributed by atoms with Gasteiger partial charge >= 0.3 is 0 Å². The molecule has 0 unspecified atom stereocenters. The van der Waals surface area contributed by atoms with Gasteiger partial charge in [-0.25, -0.2) is 15.0 Å². The Morgan fingerprint density at radius 1 is 0.815 bits per heavy atom. The van der Waals surface area contributed by atoms with Crippen LogP contribution >= 0.6 is 22.9 Å². The zero-order valence-electron chi connectivity index (χ0n) is 46.2. The fourth-order valence-corrected chi connectivity index (χ4v) is 11.8. The first kappa shape index (κ1) is 57.4. The molecule has 3 atom stereocenters. The molecule has 2 fully saturated rings. The predicted octanol–water partition coefficient (Wildman–Crippen LogP) is 7.83. The quantitative estimate of drug-likeness (QED) is 0.0383. The van der Waals surface area contributed by atoms with E-state index in [2.05, 4.69) is 70.7 Å². The van der Waals surface area contributed by atoms with Crippen molar-refractivity contribution in [1.29, 1.82) is 0 Å². The minimum absolute atomic E-state index is 0.00431. The number of hydrogen-bond donors (Lipinski definition) is 4. The molecular weight excluding hydrogens is 1070 g/mol. The third-order valence-electron chi connectivity index (χ3n) is 15.2. The van der Waals surface area contributed by atoms with Gasteiger partial charge in [0.15, 0.2) is 0 Å². The minimum Gasteiger partial charge on any atom is -0.491 e. The number of carbonyl (C=O) groups excluding carboxylic acids is 3. The lowest BCUT2D eigenvalue weighted by Crippen LogP contribution is -2.55. The largest absolute Gasteiger partial charge is 0.491 e. The first-order valence-corrected chi connectivity index (χ1v) is 29.1. The number of nitrogens with one attached hydrogen (secondary N) is 3. The maximum atomic E-state index is 14.3. The van der Waals surface area contributed by atoms with Crippen LogP contribution in [-0.4, -0.2) is 166 Å². The summed E-state index contributed by atoms with van der Waals surface area (Å²) in [7, 11) is 0. The molecule has 3 aliphatic heterocycles. The van der Waals surface area contributed by atoms with Crippen molar-refractivity contribution in [2.24, 2.45) is 5.92 Å². The molecular formula is C61H71ClN10O8S. The van der Waals surface area contributed by atoms with Gasteiger partial charge in [-0.1, -0.05) is 98.2 Å². The lowest BCUT2D eigenvalue weighted by atomic mass is 10.0. The first-order chi connectivity index (χ1) is 39.5. The van der Waals surface area contributed by atoms with Gasteiger partial charge < -0.3 is 49.5 Å². The van der Waals surface area contributed by atoms with Crippen LogP contribution in [0.25, 0.3) is 32.7 Å². The van der Waals surface area contributed by atoms with E-state index in [1.807, 2.05) is 81.4 Å². The van der Waals surface area contributed by atoms with Gasteiger partial charge in [-0.15, -0.1) is 11.3 Å². The molecule has 0 radical (unpaired) electrons. The average molecular weight is 1140 g/mol. The number of β-amino-alcohol motifs (C(OH)–C–C–N with tert-alkyl or cyclic N) is 1. The van der Waals surface area contributed by atoms with E-state index in [0.717, 1.165) is 105 Å². The van der Waals surface area contributed by atoms with E-state index in [9.17, 15) is 19.5 Å². The number of aromatic amines is 1. The van der Waals surface area contributed by atoms with Crippen molar-refractivity contribution < 1.29 is 38.4 Å². The van der Waals surface area contributed by atoms with Crippen LogP contribution in [0.15, 0.2) is 109 Å². The van der Waals surface area contributed by atoms with Gasteiger partial charge in [0, 0.05) is 93.7 Å². The van der Waals surface area contributed by atoms with Crippen LogP contribution in [0.3, 0.4) is 0 Å². The highest BCUT2D eigenvalue weighted by Gasteiger charge is 2.46. The summed E-state index contributed by atoms with van der Waals surface area (Å²) in [4.78, 5) is 67.5. The molecule has 4 aromatic carbocycles. The number of aliphatic hydroxyl groups is 1. The van der Waals surface area contributed by atoms with E-state index in [0.29, 0.717) is 64.0 Å². The summed E-state index contributed by atoms with van der Waals surface area (Å²) in [6.07, 6.45) is 0.784. The Hall–Kier alpha value is -6.81. The van der Waals surface area contributed by atoms with Crippen LogP contribution in [0.1, 0.15) is 58.6 Å². The number of thiazole rings is 1. The molecule has 3 aromatic heterocycles. The third kappa shape index (κ3) is 14.3. The summed E-state index contributed by atoms with van der Waals surface area (Å²) < 4.78 is 23.9. The Bertz CT molecular complexity index is 3260. The Morgan fingerprint density at radius 2 is 1.53 bits per heavy atom. The summed E-state index contributed by atoms with van der Waals surface area (Å²) in [5.41, 5.74) is 11.0. The number of amides is 3. The monoisotopic (exact) mass is 1140 g/mol. The molecule has 0 bridgehead atoms. The summed E-state index contributed by atoms with van der Waals surface area (Å²) in [6.45, 7) is 15.5. The number of rotatable bonds is 26. The number of piperazine rings is 1. The molecule has 0 spiro atoms. The maximum Gasteiger partial charge on any atom is 0.255 e. The SMILES string of the molecule is Cc1ncsc1-c1ccc(CNC(=O)[C@@H]2C[C@@H](O)CN2C(=O)[C@H](C(C)C)N2Cc3ccccc3C2=O)c(OCCOCCOCCOCCN2CCN(Cc3ccc(-c4cc5c(NCc6ccccc6Cl)ncnc5[nH]4)cc3)CC2)c1. The molecule has 18 nitrogen and oxygen atoms in total. The second kappa shape index (κ2) is 27.3. The van der Waals surface area contributed by atoms with Crippen molar-refractivity contribution >= 4 is 57.5 Å². The van der Waals surface area contributed by atoms with Gasteiger partial charge in [0.25, 0.3) is 5.91 Å².